The summed E-state index contributed by atoms with van der Waals surface area (Å²) in [4.78, 5) is 25.4. The Balaban J connectivity index is 2.27. The highest BCUT2D eigenvalue weighted by Gasteiger charge is 2.37. The SMILES string of the molecule is O=C(O)CC1(Nc2ncccc2[N+](=O)[O-])CCCC1. The summed E-state index contributed by atoms with van der Waals surface area (Å²) >= 11 is 0. The Bertz CT molecular complexity index is 498. The van der Waals surface area contributed by atoms with Gasteiger partial charge in [-0.3, -0.25) is 14.9 Å². The lowest BCUT2D eigenvalue weighted by Crippen LogP contribution is -2.38. The van der Waals surface area contributed by atoms with Gasteiger partial charge in [-0.15, -0.1) is 0 Å². The predicted molar refractivity (Wildman–Crippen MR) is 68.0 cm³/mol. The summed E-state index contributed by atoms with van der Waals surface area (Å²) in [5, 5.41) is 22.9. The molecule has 1 aromatic heterocycles. The van der Waals surface area contributed by atoms with Gasteiger partial charge in [0.2, 0.25) is 5.82 Å². The van der Waals surface area contributed by atoms with Gasteiger partial charge in [-0.25, -0.2) is 4.98 Å². The molecule has 0 bridgehead atoms. The maximum absolute atomic E-state index is 11.0. The summed E-state index contributed by atoms with van der Waals surface area (Å²) in [6.07, 6.45) is 4.61. The number of aliphatic carboxylic acids is 1. The first-order valence-corrected chi connectivity index (χ1v) is 6.12. The molecule has 0 aromatic carbocycles. The Morgan fingerprint density at radius 2 is 2.21 bits per heavy atom. The van der Waals surface area contributed by atoms with Crippen molar-refractivity contribution in [3.05, 3.63) is 28.4 Å². The van der Waals surface area contributed by atoms with Crippen molar-refractivity contribution in [3.63, 3.8) is 0 Å². The molecule has 0 radical (unpaired) electrons. The second kappa shape index (κ2) is 5.21. The van der Waals surface area contributed by atoms with Crippen LogP contribution in [0, 0.1) is 10.1 Å². The second-order valence-corrected chi connectivity index (χ2v) is 4.81. The van der Waals surface area contributed by atoms with E-state index in [1.165, 1.54) is 18.3 Å². The van der Waals surface area contributed by atoms with E-state index in [0.29, 0.717) is 12.8 Å². The highest BCUT2D eigenvalue weighted by molar-refractivity contribution is 5.70. The molecule has 2 rings (SSSR count). The molecule has 1 heterocycles. The lowest BCUT2D eigenvalue weighted by atomic mass is 9.93. The molecule has 0 amide bonds. The average Bonchev–Trinajstić information content (AvgIpc) is 2.76. The van der Waals surface area contributed by atoms with Gasteiger partial charge in [-0.1, -0.05) is 12.8 Å². The van der Waals surface area contributed by atoms with Crippen LogP contribution >= 0.6 is 0 Å². The summed E-state index contributed by atoms with van der Waals surface area (Å²) < 4.78 is 0. The van der Waals surface area contributed by atoms with Crippen LogP contribution in [-0.2, 0) is 4.79 Å². The number of hydrogen-bond donors (Lipinski definition) is 2. The quantitative estimate of drug-likeness (QED) is 0.624. The largest absolute Gasteiger partial charge is 0.481 e. The van der Waals surface area contributed by atoms with Crippen LogP contribution in [0.3, 0.4) is 0 Å². The van der Waals surface area contributed by atoms with Crippen LogP contribution in [0.15, 0.2) is 18.3 Å². The highest BCUT2D eigenvalue weighted by Crippen LogP contribution is 2.37. The average molecular weight is 265 g/mol. The third-order valence-corrected chi connectivity index (χ3v) is 3.42. The van der Waals surface area contributed by atoms with Crippen molar-refractivity contribution in [2.45, 2.75) is 37.6 Å². The Hall–Kier alpha value is -2.18. The van der Waals surface area contributed by atoms with E-state index in [1.807, 2.05) is 0 Å². The number of anilines is 1. The van der Waals surface area contributed by atoms with E-state index in [0.717, 1.165) is 12.8 Å². The van der Waals surface area contributed by atoms with Crippen molar-refractivity contribution in [3.8, 4) is 0 Å². The number of carboxylic acids is 1. The van der Waals surface area contributed by atoms with Crippen molar-refractivity contribution in [2.75, 3.05) is 5.32 Å². The van der Waals surface area contributed by atoms with Crippen molar-refractivity contribution >= 4 is 17.5 Å². The van der Waals surface area contributed by atoms with Crippen LogP contribution in [0.1, 0.15) is 32.1 Å². The molecule has 2 N–H and O–H groups in total. The van der Waals surface area contributed by atoms with Crippen molar-refractivity contribution < 1.29 is 14.8 Å². The maximum atomic E-state index is 11.0. The fourth-order valence-corrected chi connectivity index (χ4v) is 2.58. The Kier molecular flexibility index (Phi) is 3.64. The molecule has 1 aliphatic carbocycles. The third-order valence-electron chi connectivity index (χ3n) is 3.42. The minimum Gasteiger partial charge on any atom is -0.481 e. The van der Waals surface area contributed by atoms with E-state index in [4.69, 9.17) is 5.11 Å². The van der Waals surface area contributed by atoms with E-state index in [1.54, 1.807) is 0 Å². The predicted octanol–water partition coefficient (Wildman–Crippen LogP) is 2.19. The molecule has 1 saturated carbocycles. The first-order chi connectivity index (χ1) is 9.02. The van der Waals surface area contributed by atoms with Gasteiger partial charge >= 0.3 is 11.7 Å². The topological polar surface area (TPSA) is 105 Å². The van der Waals surface area contributed by atoms with Gasteiger partial charge in [0.05, 0.1) is 11.3 Å². The van der Waals surface area contributed by atoms with E-state index < -0.39 is 16.4 Å². The normalized spacial score (nSPS) is 17.1. The molecule has 0 spiro atoms. The second-order valence-electron chi connectivity index (χ2n) is 4.81. The number of hydrogen-bond acceptors (Lipinski definition) is 5. The number of nitrogens with zero attached hydrogens (tertiary/aromatic N) is 2. The number of pyridine rings is 1. The molecule has 102 valence electrons. The van der Waals surface area contributed by atoms with Crippen molar-refractivity contribution in [2.24, 2.45) is 0 Å². The Morgan fingerprint density at radius 3 is 2.79 bits per heavy atom. The Morgan fingerprint density at radius 1 is 1.53 bits per heavy atom. The van der Waals surface area contributed by atoms with E-state index >= 15 is 0 Å². The van der Waals surface area contributed by atoms with Crippen LogP contribution in [-0.4, -0.2) is 26.5 Å². The molecule has 7 heteroatoms. The smallest absolute Gasteiger partial charge is 0.311 e. The van der Waals surface area contributed by atoms with Crippen LogP contribution in [0.4, 0.5) is 11.5 Å². The molecular weight excluding hydrogens is 250 g/mol. The molecule has 19 heavy (non-hydrogen) atoms. The minimum atomic E-state index is -0.909. The van der Waals surface area contributed by atoms with E-state index in [9.17, 15) is 14.9 Å². The van der Waals surface area contributed by atoms with Gasteiger partial charge in [-0.05, 0) is 18.9 Å². The van der Waals surface area contributed by atoms with Crippen LogP contribution in [0.25, 0.3) is 0 Å². The summed E-state index contributed by atoms with van der Waals surface area (Å²) in [5.74, 6) is -0.761. The number of carboxylic acid groups (broad SMARTS) is 1. The fraction of sp³-hybridized carbons (Fsp3) is 0.500. The third kappa shape index (κ3) is 2.98. The van der Waals surface area contributed by atoms with Gasteiger partial charge in [0, 0.05) is 17.8 Å². The number of nitro groups is 1. The number of aromatic nitrogens is 1. The van der Waals surface area contributed by atoms with Gasteiger partial charge in [0.15, 0.2) is 0 Å². The summed E-state index contributed by atoms with van der Waals surface area (Å²) in [6, 6.07) is 2.85. The first kappa shape index (κ1) is 13.3. The zero-order valence-electron chi connectivity index (χ0n) is 10.3. The highest BCUT2D eigenvalue weighted by atomic mass is 16.6. The lowest BCUT2D eigenvalue weighted by Gasteiger charge is -2.28. The number of nitrogens with one attached hydrogen (secondary N) is 1. The molecule has 0 aliphatic heterocycles. The summed E-state index contributed by atoms with van der Waals surface area (Å²) in [6.45, 7) is 0. The van der Waals surface area contributed by atoms with Crippen molar-refractivity contribution in [1.82, 2.24) is 4.98 Å². The van der Waals surface area contributed by atoms with Crippen LogP contribution in [0.5, 0.6) is 0 Å². The van der Waals surface area contributed by atoms with Gasteiger partial charge in [0.1, 0.15) is 0 Å². The van der Waals surface area contributed by atoms with Gasteiger partial charge < -0.3 is 10.4 Å². The van der Waals surface area contributed by atoms with Gasteiger partial charge in [-0.2, -0.15) is 0 Å². The number of rotatable bonds is 5. The summed E-state index contributed by atoms with van der Waals surface area (Å²) in [7, 11) is 0. The first-order valence-electron chi connectivity index (χ1n) is 6.12. The van der Waals surface area contributed by atoms with Gasteiger partial charge in [0.25, 0.3) is 0 Å². The lowest BCUT2D eigenvalue weighted by molar-refractivity contribution is -0.384. The Labute approximate surface area is 109 Å². The molecule has 0 unspecified atom stereocenters. The standard InChI is InChI=1S/C12H15N3O4/c16-10(17)8-12(5-1-2-6-12)14-11-9(15(18)19)4-3-7-13-11/h3-4,7H,1-2,5-6,8H2,(H,13,14)(H,16,17). The molecule has 1 aromatic rings. The molecular formula is C12H15N3O4. The molecule has 1 aliphatic rings. The molecule has 7 nitrogen and oxygen atoms in total. The molecule has 0 atom stereocenters. The monoisotopic (exact) mass is 265 g/mol. The molecule has 1 fully saturated rings. The zero-order valence-corrected chi connectivity index (χ0v) is 10.3. The maximum Gasteiger partial charge on any atom is 0.311 e. The zero-order chi connectivity index (χ0) is 13.9. The van der Waals surface area contributed by atoms with Crippen LogP contribution in [0.2, 0.25) is 0 Å². The fourth-order valence-electron chi connectivity index (χ4n) is 2.58. The molecule has 0 saturated heterocycles. The van der Waals surface area contributed by atoms with Crippen molar-refractivity contribution in [1.29, 1.82) is 0 Å². The van der Waals surface area contributed by atoms with Crippen LogP contribution < -0.4 is 5.32 Å². The summed E-state index contributed by atoms with van der Waals surface area (Å²) in [5.41, 5.74) is -0.746. The van der Waals surface area contributed by atoms with E-state index in [2.05, 4.69) is 10.3 Å². The minimum absolute atomic E-state index is 0.0548. The van der Waals surface area contributed by atoms with E-state index in [-0.39, 0.29) is 17.9 Å². The number of carbonyl (C=O) groups is 1.